The van der Waals surface area contributed by atoms with Gasteiger partial charge in [-0.2, -0.15) is 0 Å². The van der Waals surface area contributed by atoms with Gasteiger partial charge in [0, 0.05) is 29.7 Å². The lowest BCUT2D eigenvalue weighted by Crippen LogP contribution is -2.33. The van der Waals surface area contributed by atoms with Crippen molar-refractivity contribution in [2.75, 3.05) is 0 Å². The summed E-state index contributed by atoms with van der Waals surface area (Å²) < 4.78 is 0. The number of rotatable bonds is 4. The molecule has 2 heterocycles. The van der Waals surface area contributed by atoms with Crippen LogP contribution in [-0.4, -0.2) is 11.4 Å². The number of aliphatic imine (C=N–C) groups is 2. The van der Waals surface area contributed by atoms with E-state index in [1.807, 2.05) is 12.1 Å². The van der Waals surface area contributed by atoms with Crippen LogP contribution >= 0.6 is 0 Å². The Morgan fingerprint density at radius 2 is 1.07 bits per heavy atom. The first-order valence-corrected chi connectivity index (χ1v) is 9.59. The van der Waals surface area contributed by atoms with Gasteiger partial charge in [0.25, 0.3) is 0 Å². The molecule has 0 spiro atoms. The lowest BCUT2D eigenvalue weighted by atomic mass is 9.77. The molecular weight excluding hydrogens is 328 g/mol. The van der Waals surface area contributed by atoms with Crippen LogP contribution in [0.25, 0.3) is 0 Å². The van der Waals surface area contributed by atoms with E-state index in [1.54, 1.807) is 0 Å². The van der Waals surface area contributed by atoms with Crippen LogP contribution in [0.3, 0.4) is 0 Å². The molecule has 4 rings (SSSR count). The second-order valence-electron chi connectivity index (χ2n) is 8.05. The van der Waals surface area contributed by atoms with E-state index in [0.717, 1.165) is 35.4 Å². The molecule has 2 aromatic carbocycles. The van der Waals surface area contributed by atoms with Gasteiger partial charge in [-0.15, -0.1) is 0 Å². The Hall–Kier alpha value is -2.74. The summed E-state index contributed by atoms with van der Waals surface area (Å²) in [6.07, 6.45) is 1.76. The molecule has 0 aromatic heterocycles. The molecule has 0 fully saturated rings. The van der Waals surface area contributed by atoms with Crippen molar-refractivity contribution in [3.8, 4) is 0 Å². The monoisotopic (exact) mass is 354 g/mol. The lowest BCUT2D eigenvalue weighted by molar-refractivity contribution is 0.717. The average Bonchev–Trinajstić information content (AvgIpc) is 3.27. The molecule has 0 saturated carbocycles. The Labute approximate surface area is 162 Å². The minimum absolute atomic E-state index is 0.160. The first kappa shape index (κ1) is 17.7. The first-order valence-electron chi connectivity index (χ1n) is 9.59. The first-order chi connectivity index (χ1) is 13.0. The van der Waals surface area contributed by atoms with Gasteiger partial charge >= 0.3 is 0 Å². The van der Waals surface area contributed by atoms with Gasteiger partial charge in [0.2, 0.25) is 0 Å². The normalized spacial score (nSPS) is 22.7. The van der Waals surface area contributed by atoms with Crippen molar-refractivity contribution in [2.45, 2.75) is 38.8 Å². The smallest absolute Gasteiger partial charge is 0.0793 e. The largest absolute Gasteiger partial charge is 0.280 e. The Bertz CT molecular complexity index is 855. The van der Waals surface area contributed by atoms with E-state index in [2.05, 4.69) is 75.5 Å². The summed E-state index contributed by atoms with van der Waals surface area (Å²) in [5.41, 5.74) is 6.61. The molecule has 2 aromatic rings. The van der Waals surface area contributed by atoms with E-state index in [9.17, 15) is 0 Å². The zero-order valence-electron chi connectivity index (χ0n) is 16.2. The maximum Gasteiger partial charge on any atom is 0.0793 e. The Morgan fingerprint density at radius 1 is 0.704 bits per heavy atom. The maximum atomic E-state index is 5.08. The second-order valence-corrected chi connectivity index (χ2v) is 8.05. The lowest BCUT2D eigenvalue weighted by Gasteiger charge is -2.26. The van der Waals surface area contributed by atoms with Gasteiger partial charge in [-0.25, -0.2) is 0 Å². The van der Waals surface area contributed by atoms with E-state index in [0.29, 0.717) is 0 Å². The molecule has 2 heteroatoms. The van der Waals surface area contributed by atoms with Gasteiger partial charge in [0.05, 0.1) is 12.1 Å². The summed E-state index contributed by atoms with van der Waals surface area (Å²) >= 11 is 0. The second kappa shape index (κ2) is 6.77. The van der Waals surface area contributed by atoms with Crippen LogP contribution in [0.5, 0.6) is 0 Å². The molecule has 136 valence electrons. The predicted octanol–water partition coefficient (Wildman–Crippen LogP) is 6.30. The molecule has 0 saturated heterocycles. The summed E-state index contributed by atoms with van der Waals surface area (Å²) in [6, 6.07) is 21.3. The molecule has 2 nitrogen and oxygen atoms in total. The fourth-order valence-corrected chi connectivity index (χ4v) is 4.30. The molecule has 0 unspecified atom stereocenters. The minimum Gasteiger partial charge on any atom is -0.280 e. The van der Waals surface area contributed by atoms with Crippen molar-refractivity contribution >= 4 is 11.4 Å². The topological polar surface area (TPSA) is 24.7 Å². The molecule has 0 radical (unpaired) electrons. The maximum absolute atomic E-state index is 5.08. The number of hydrogen-bond donors (Lipinski definition) is 0. The van der Waals surface area contributed by atoms with Crippen LogP contribution in [-0.2, 0) is 0 Å². The molecule has 0 aliphatic carbocycles. The summed E-state index contributed by atoms with van der Waals surface area (Å²) in [5.74, 6) is 0. The van der Waals surface area contributed by atoms with Crippen molar-refractivity contribution < 1.29 is 0 Å². The van der Waals surface area contributed by atoms with Crippen LogP contribution in [0.4, 0.5) is 0 Å². The number of nitrogens with zero attached hydrogens (tertiary/aromatic N) is 2. The van der Waals surface area contributed by atoms with Crippen molar-refractivity contribution in [1.29, 1.82) is 0 Å². The highest BCUT2D eigenvalue weighted by Gasteiger charge is 2.40. The highest BCUT2D eigenvalue weighted by atomic mass is 14.9. The summed E-state index contributed by atoms with van der Waals surface area (Å²) in [6.45, 7) is 13.1. The fraction of sp³-hybridized carbons (Fsp3) is 0.280. The quantitative estimate of drug-likeness (QED) is 0.616. The van der Waals surface area contributed by atoms with Crippen molar-refractivity contribution in [3.63, 3.8) is 0 Å². The summed E-state index contributed by atoms with van der Waals surface area (Å²) in [4.78, 5) is 10.2. The van der Waals surface area contributed by atoms with Crippen LogP contribution < -0.4 is 0 Å². The van der Waals surface area contributed by atoms with Gasteiger partial charge in [0.1, 0.15) is 0 Å². The van der Waals surface area contributed by atoms with Gasteiger partial charge in [-0.05, 0) is 36.1 Å². The molecular formula is C25H26N2. The van der Waals surface area contributed by atoms with E-state index >= 15 is 0 Å². The Kier molecular flexibility index (Phi) is 4.43. The average molecular weight is 354 g/mol. The molecule has 0 amide bonds. The van der Waals surface area contributed by atoms with Crippen LogP contribution in [0.2, 0.25) is 0 Å². The molecule has 0 bridgehead atoms. The third-order valence-corrected chi connectivity index (χ3v) is 5.67. The fourth-order valence-electron chi connectivity index (χ4n) is 4.30. The van der Waals surface area contributed by atoms with Crippen LogP contribution in [0, 0.1) is 5.41 Å². The zero-order valence-corrected chi connectivity index (χ0v) is 16.2. The highest BCUT2D eigenvalue weighted by Crippen LogP contribution is 2.43. The van der Waals surface area contributed by atoms with Gasteiger partial charge in [-0.1, -0.05) is 73.8 Å². The molecule has 0 N–H and O–H groups in total. The standard InChI is InChI=1S/C25H26N2/c1-17-15-21(19-11-7-5-8-12-19)26-23(17)25(3,4)24-18(2)16-22(27-24)20-13-9-6-10-14-20/h5-14,21-22H,1-2,15-16H2,3-4H3/t21-,22-/m0/s1. The molecule has 2 atom stereocenters. The summed E-state index contributed by atoms with van der Waals surface area (Å²) in [7, 11) is 0. The Balaban J connectivity index is 1.66. The SMILES string of the molecule is C=C1C[C@@H](c2ccccc2)N=C1C(C)(C)C1=N[C@H](c2ccccc2)CC1=C. The molecule has 2 aliphatic heterocycles. The van der Waals surface area contributed by atoms with E-state index in [-0.39, 0.29) is 17.5 Å². The van der Waals surface area contributed by atoms with Crippen LogP contribution in [0.15, 0.2) is 95.0 Å². The third kappa shape index (κ3) is 3.21. The van der Waals surface area contributed by atoms with Crippen LogP contribution in [0.1, 0.15) is 49.9 Å². The molecule has 2 aliphatic rings. The van der Waals surface area contributed by atoms with E-state index in [4.69, 9.17) is 9.98 Å². The Morgan fingerprint density at radius 3 is 1.44 bits per heavy atom. The van der Waals surface area contributed by atoms with Gasteiger partial charge in [-0.3, -0.25) is 9.98 Å². The summed E-state index contributed by atoms with van der Waals surface area (Å²) in [5, 5.41) is 0. The number of hydrogen-bond acceptors (Lipinski definition) is 2. The van der Waals surface area contributed by atoms with Gasteiger partial charge < -0.3 is 0 Å². The third-order valence-electron chi connectivity index (χ3n) is 5.67. The van der Waals surface area contributed by atoms with Crippen molar-refractivity contribution in [2.24, 2.45) is 15.4 Å². The molecule has 27 heavy (non-hydrogen) atoms. The number of benzene rings is 2. The highest BCUT2D eigenvalue weighted by molar-refractivity contribution is 6.24. The minimum atomic E-state index is -0.277. The van der Waals surface area contributed by atoms with Gasteiger partial charge in [0.15, 0.2) is 0 Å². The van der Waals surface area contributed by atoms with Crippen molar-refractivity contribution in [3.05, 3.63) is 96.1 Å². The predicted molar refractivity (Wildman–Crippen MR) is 115 cm³/mol. The van der Waals surface area contributed by atoms with E-state index < -0.39 is 0 Å². The van der Waals surface area contributed by atoms with E-state index in [1.165, 1.54) is 11.1 Å². The van der Waals surface area contributed by atoms with Crippen molar-refractivity contribution in [1.82, 2.24) is 0 Å². The zero-order chi connectivity index (χ0) is 19.0.